The SMILES string of the molecule is CCSC1=NN2C(=N)/C(=C\c3cc(C)n(-c4cccc(C(F)(F)F)c4)c3C)C(=O)N=C2S1. The maximum Gasteiger partial charge on any atom is 0.416 e. The number of thioether (sulfide) groups is 2. The first-order valence-electron chi connectivity index (χ1n) is 9.59. The van der Waals surface area contributed by atoms with Crippen molar-refractivity contribution in [2.24, 2.45) is 10.1 Å². The molecule has 0 saturated heterocycles. The number of hydrazone groups is 1. The summed E-state index contributed by atoms with van der Waals surface area (Å²) in [6.45, 7) is 5.51. The number of amidine groups is 2. The summed E-state index contributed by atoms with van der Waals surface area (Å²) in [6.07, 6.45) is -2.90. The Kier molecular flexibility index (Phi) is 5.80. The van der Waals surface area contributed by atoms with Gasteiger partial charge in [-0.15, -0.1) is 5.10 Å². The molecule has 11 heteroatoms. The molecule has 0 unspecified atom stereocenters. The normalized spacial score (nSPS) is 17.7. The summed E-state index contributed by atoms with van der Waals surface area (Å²) in [6, 6.07) is 6.84. The van der Waals surface area contributed by atoms with Crippen LogP contribution in [0.15, 0.2) is 46.0 Å². The molecule has 0 spiro atoms. The van der Waals surface area contributed by atoms with Crippen LogP contribution in [0, 0.1) is 19.3 Å². The second-order valence-electron chi connectivity index (χ2n) is 7.03. The smallest absolute Gasteiger partial charge is 0.318 e. The number of alkyl halides is 3. The Labute approximate surface area is 190 Å². The average Bonchev–Trinajstić information content (AvgIpc) is 3.25. The van der Waals surface area contributed by atoms with Crippen molar-refractivity contribution in [3.8, 4) is 5.69 Å². The van der Waals surface area contributed by atoms with E-state index in [1.54, 1.807) is 36.6 Å². The van der Waals surface area contributed by atoms with E-state index in [-0.39, 0.29) is 11.4 Å². The van der Waals surface area contributed by atoms with Crippen molar-refractivity contribution in [3.63, 3.8) is 0 Å². The number of carbonyl (C=O) groups excluding carboxylic acids is 1. The minimum atomic E-state index is -4.45. The second kappa shape index (κ2) is 8.28. The van der Waals surface area contributed by atoms with Gasteiger partial charge >= 0.3 is 6.18 Å². The summed E-state index contributed by atoms with van der Waals surface area (Å²) >= 11 is 2.75. The Morgan fingerprint density at radius 2 is 2.00 bits per heavy atom. The third-order valence-electron chi connectivity index (χ3n) is 4.91. The fourth-order valence-electron chi connectivity index (χ4n) is 3.46. The molecule has 166 valence electrons. The van der Waals surface area contributed by atoms with Crippen LogP contribution in [0.4, 0.5) is 13.2 Å². The van der Waals surface area contributed by atoms with Crippen LogP contribution in [0.3, 0.4) is 0 Å². The topological polar surface area (TPSA) is 73.8 Å². The minimum absolute atomic E-state index is 0.0742. The third-order valence-corrected chi connectivity index (χ3v) is 6.83. The highest BCUT2D eigenvalue weighted by Gasteiger charge is 2.36. The monoisotopic (exact) mass is 477 g/mol. The largest absolute Gasteiger partial charge is 0.416 e. The number of nitrogens with zero attached hydrogens (tertiary/aromatic N) is 4. The van der Waals surface area contributed by atoms with Crippen molar-refractivity contribution >= 4 is 50.9 Å². The van der Waals surface area contributed by atoms with Gasteiger partial charge in [-0.1, -0.05) is 24.8 Å². The Bertz CT molecular complexity index is 1230. The average molecular weight is 478 g/mol. The lowest BCUT2D eigenvalue weighted by molar-refractivity contribution is -0.137. The molecule has 2 aliphatic heterocycles. The van der Waals surface area contributed by atoms with E-state index in [9.17, 15) is 18.0 Å². The molecule has 3 heterocycles. The Morgan fingerprint density at radius 3 is 2.69 bits per heavy atom. The third kappa shape index (κ3) is 4.02. The molecule has 0 fully saturated rings. The van der Waals surface area contributed by atoms with Gasteiger partial charge in [-0.3, -0.25) is 10.2 Å². The van der Waals surface area contributed by atoms with Gasteiger partial charge < -0.3 is 4.57 Å². The first-order valence-corrected chi connectivity index (χ1v) is 11.4. The number of halogens is 3. The molecule has 4 rings (SSSR count). The van der Waals surface area contributed by atoms with Crippen LogP contribution in [0.2, 0.25) is 0 Å². The van der Waals surface area contributed by atoms with E-state index in [0.717, 1.165) is 17.9 Å². The number of hydrogen-bond acceptors (Lipinski definition) is 5. The summed E-state index contributed by atoms with van der Waals surface area (Å²) in [7, 11) is 0. The maximum atomic E-state index is 13.2. The van der Waals surface area contributed by atoms with Crippen molar-refractivity contribution in [1.29, 1.82) is 5.41 Å². The quantitative estimate of drug-likeness (QED) is 0.598. The fourth-order valence-corrected chi connectivity index (χ4v) is 5.29. The van der Waals surface area contributed by atoms with Gasteiger partial charge in [0.05, 0.1) is 11.1 Å². The summed E-state index contributed by atoms with van der Waals surface area (Å²) in [5.41, 5.74) is 1.66. The summed E-state index contributed by atoms with van der Waals surface area (Å²) in [5.74, 6) is 0.178. The van der Waals surface area contributed by atoms with Crippen LogP contribution < -0.4 is 0 Å². The molecule has 0 bridgehead atoms. The molecule has 0 aliphatic carbocycles. The minimum Gasteiger partial charge on any atom is -0.318 e. The molecule has 1 aromatic carbocycles. The molecule has 1 N–H and O–H groups in total. The number of aryl methyl sites for hydroxylation is 1. The number of benzene rings is 1. The number of rotatable bonds is 3. The predicted octanol–water partition coefficient (Wildman–Crippen LogP) is 5.44. The van der Waals surface area contributed by atoms with Gasteiger partial charge in [0.25, 0.3) is 5.91 Å². The molecule has 0 radical (unpaired) electrons. The van der Waals surface area contributed by atoms with Crippen molar-refractivity contribution in [3.05, 3.63) is 58.4 Å². The van der Waals surface area contributed by atoms with Crippen LogP contribution in [0.5, 0.6) is 0 Å². The summed E-state index contributed by atoms with van der Waals surface area (Å²) < 4.78 is 41.9. The van der Waals surface area contributed by atoms with Crippen molar-refractivity contribution in [2.45, 2.75) is 26.9 Å². The van der Waals surface area contributed by atoms with E-state index in [0.29, 0.717) is 32.2 Å². The molecule has 1 amide bonds. The Hall–Kier alpha value is -2.79. The number of aromatic nitrogens is 1. The zero-order chi connectivity index (χ0) is 23.2. The van der Waals surface area contributed by atoms with Crippen molar-refractivity contribution < 1.29 is 18.0 Å². The second-order valence-corrected chi connectivity index (χ2v) is 9.50. The number of nitrogens with one attached hydrogen (secondary N) is 1. The first-order chi connectivity index (χ1) is 15.1. The van der Waals surface area contributed by atoms with Gasteiger partial charge in [0.15, 0.2) is 10.2 Å². The molecule has 32 heavy (non-hydrogen) atoms. The highest BCUT2D eigenvalue weighted by molar-refractivity contribution is 8.45. The van der Waals surface area contributed by atoms with Gasteiger partial charge in [0.1, 0.15) is 0 Å². The van der Waals surface area contributed by atoms with Gasteiger partial charge in [-0.2, -0.15) is 23.2 Å². The zero-order valence-electron chi connectivity index (χ0n) is 17.3. The number of fused-ring (bicyclic) bond motifs is 1. The van der Waals surface area contributed by atoms with Gasteiger partial charge in [0, 0.05) is 17.1 Å². The number of carbonyl (C=O) groups is 1. The van der Waals surface area contributed by atoms with Crippen molar-refractivity contribution in [2.75, 3.05) is 5.75 Å². The molecule has 0 saturated carbocycles. The highest BCUT2D eigenvalue weighted by atomic mass is 32.2. The molecule has 2 aromatic rings. The highest BCUT2D eigenvalue weighted by Crippen LogP contribution is 2.34. The van der Waals surface area contributed by atoms with Crippen molar-refractivity contribution in [1.82, 2.24) is 9.58 Å². The van der Waals surface area contributed by atoms with Crippen LogP contribution in [0.25, 0.3) is 11.8 Å². The zero-order valence-corrected chi connectivity index (χ0v) is 19.0. The summed E-state index contributed by atoms with van der Waals surface area (Å²) in [5, 5.41) is 14.5. The number of aliphatic imine (C=N–C) groups is 1. The Morgan fingerprint density at radius 1 is 1.25 bits per heavy atom. The van der Waals surface area contributed by atoms with E-state index in [2.05, 4.69) is 10.1 Å². The lowest BCUT2D eigenvalue weighted by Gasteiger charge is -2.20. The van der Waals surface area contributed by atoms with E-state index < -0.39 is 17.6 Å². The predicted molar refractivity (Wildman–Crippen MR) is 123 cm³/mol. The van der Waals surface area contributed by atoms with Gasteiger partial charge in [-0.25, -0.2) is 0 Å². The summed E-state index contributed by atoms with van der Waals surface area (Å²) in [4.78, 5) is 16.7. The molecular weight excluding hydrogens is 459 g/mol. The van der Waals surface area contributed by atoms with Crippen LogP contribution in [-0.4, -0.2) is 36.6 Å². The van der Waals surface area contributed by atoms with Crippen LogP contribution >= 0.6 is 23.5 Å². The number of amides is 1. The maximum absolute atomic E-state index is 13.2. The van der Waals surface area contributed by atoms with Gasteiger partial charge in [-0.05, 0) is 67.3 Å². The van der Waals surface area contributed by atoms with E-state index in [1.807, 2.05) is 6.92 Å². The van der Waals surface area contributed by atoms with E-state index in [1.165, 1.54) is 34.6 Å². The van der Waals surface area contributed by atoms with E-state index in [4.69, 9.17) is 5.41 Å². The first kappa shape index (κ1) is 22.4. The Balaban J connectivity index is 1.73. The lowest BCUT2D eigenvalue weighted by Crippen LogP contribution is -2.35. The number of hydrogen-bond donors (Lipinski definition) is 1. The van der Waals surface area contributed by atoms with Crippen LogP contribution in [0.1, 0.15) is 29.4 Å². The molecular formula is C21H18F3N5OS2. The van der Waals surface area contributed by atoms with E-state index >= 15 is 0 Å². The van der Waals surface area contributed by atoms with Crippen LogP contribution in [-0.2, 0) is 11.0 Å². The molecule has 0 atom stereocenters. The fraction of sp³-hybridized carbons (Fsp3) is 0.238. The van der Waals surface area contributed by atoms with Gasteiger partial charge in [0.2, 0.25) is 5.17 Å². The lowest BCUT2D eigenvalue weighted by atomic mass is 10.1. The molecule has 2 aliphatic rings. The molecule has 6 nitrogen and oxygen atoms in total. The standard InChI is InChI=1S/C21H18F3N5OS2/c1-4-31-20-27-29-17(25)16(18(30)26-19(29)32-20)9-13-8-11(2)28(12(13)3)15-7-5-6-14(10-15)21(22,23)24/h5-10,25H,4H2,1-3H3/b16-9+,25-17?. The molecule has 1 aromatic heterocycles.